The number of carbonyl (C=O) groups excluding carboxylic acids is 1. The highest BCUT2D eigenvalue weighted by molar-refractivity contribution is 14.1. The Kier molecular flexibility index (Phi) is 13.3. The molecule has 0 bridgehead atoms. The normalized spacial score (nSPS) is 22.2. The van der Waals surface area contributed by atoms with E-state index in [1.807, 2.05) is 48.3 Å². The van der Waals surface area contributed by atoms with Crippen LogP contribution in [0.5, 0.6) is 5.75 Å². The maximum atomic E-state index is 12.4. The average molecular weight is 719 g/mol. The van der Waals surface area contributed by atoms with Gasteiger partial charge in [0.05, 0.1) is 26.4 Å². The van der Waals surface area contributed by atoms with Crippen LogP contribution in [-0.2, 0) is 30.0 Å². The van der Waals surface area contributed by atoms with Gasteiger partial charge in [0.2, 0.25) is 0 Å². The van der Waals surface area contributed by atoms with Crippen molar-refractivity contribution in [3.05, 3.63) is 90.5 Å². The van der Waals surface area contributed by atoms with Crippen molar-refractivity contribution in [3.63, 3.8) is 0 Å². The Hall–Kier alpha value is -2.24. The zero-order chi connectivity index (χ0) is 31.6. The summed E-state index contributed by atoms with van der Waals surface area (Å²) in [6.45, 7) is 13.0. The molecule has 43 heavy (non-hydrogen) atoms. The predicted octanol–water partition coefficient (Wildman–Crippen LogP) is 6.56. The SMILES string of the molecule is CI.COc1ccc(COC2C(C)[C@H](C)OC(CO[Si](c3ccccc3)(c3ccccc3)C(C)(C)C)[C@H]2OC(C)=O)cc1. The molecule has 1 fully saturated rings. The second-order valence-corrected chi connectivity index (χ2v) is 16.2. The van der Waals surface area contributed by atoms with E-state index in [-0.39, 0.29) is 35.7 Å². The zero-order valence-corrected chi connectivity index (χ0v) is 29.9. The van der Waals surface area contributed by atoms with Crippen LogP contribution in [0.4, 0.5) is 0 Å². The number of ether oxygens (including phenoxy) is 4. The van der Waals surface area contributed by atoms with E-state index in [9.17, 15) is 4.79 Å². The molecule has 1 saturated heterocycles. The summed E-state index contributed by atoms with van der Waals surface area (Å²) in [7, 11) is -1.17. The largest absolute Gasteiger partial charge is 0.497 e. The lowest BCUT2D eigenvalue weighted by atomic mass is 9.88. The minimum absolute atomic E-state index is 0.00159. The molecule has 0 radical (unpaired) electrons. The molecule has 5 atom stereocenters. The molecule has 3 unspecified atom stereocenters. The van der Waals surface area contributed by atoms with E-state index < -0.39 is 20.5 Å². The predicted molar refractivity (Wildman–Crippen MR) is 184 cm³/mol. The van der Waals surface area contributed by atoms with Gasteiger partial charge in [0.15, 0.2) is 6.10 Å². The molecule has 1 heterocycles. The maximum Gasteiger partial charge on any atom is 0.303 e. The molecule has 0 N–H and O–H groups in total. The zero-order valence-electron chi connectivity index (χ0n) is 26.7. The van der Waals surface area contributed by atoms with Crippen LogP contribution in [0.1, 0.15) is 47.1 Å². The Morgan fingerprint density at radius 2 is 1.40 bits per heavy atom. The van der Waals surface area contributed by atoms with Crippen molar-refractivity contribution in [2.24, 2.45) is 5.92 Å². The Morgan fingerprint density at radius 1 is 0.860 bits per heavy atom. The fourth-order valence-corrected chi connectivity index (χ4v) is 10.4. The van der Waals surface area contributed by atoms with Gasteiger partial charge in [0.25, 0.3) is 8.32 Å². The first-order valence-electron chi connectivity index (χ1n) is 14.8. The summed E-state index contributed by atoms with van der Waals surface area (Å²) in [5.74, 6) is 0.427. The summed E-state index contributed by atoms with van der Waals surface area (Å²) in [6.07, 6.45) is -1.59. The quantitative estimate of drug-likeness (QED) is 0.103. The smallest absolute Gasteiger partial charge is 0.303 e. The van der Waals surface area contributed by atoms with Crippen LogP contribution in [0.2, 0.25) is 5.04 Å². The van der Waals surface area contributed by atoms with Gasteiger partial charge in [-0.3, -0.25) is 4.79 Å². The number of rotatable bonds is 10. The third-order valence-electron chi connectivity index (χ3n) is 8.12. The third kappa shape index (κ3) is 8.48. The van der Waals surface area contributed by atoms with E-state index >= 15 is 0 Å². The van der Waals surface area contributed by atoms with Crippen LogP contribution >= 0.6 is 22.6 Å². The van der Waals surface area contributed by atoms with Crippen LogP contribution < -0.4 is 15.1 Å². The van der Waals surface area contributed by atoms with E-state index in [2.05, 4.69) is 98.8 Å². The first-order chi connectivity index (χ1) is 20.6. The van der Waals surface area contributed by atoms with Crippen LogP contribution in [0.15, 0.2) is 84.9 Å². The number of alkyl halides is 1. The molecule has 0 aromatic heterocycles. The first-order valence-corrected chi connectivity index (χ1v) is 18.8. The number of hydrogen-bond acceptors (Lipinski definition) is 6. The van der Waals surface area contributed by atoms with E-state index in [1.54, 1.807) is 7.11 Å². The van der Waals surface area contributed by atoms with Crippen molar-refractivity contribution < 1.29 is 28.2 Å². The molecule has 0 spiro atoms. The molecule has 0 amide bonds. The topological polar surface area (TPSA) is 63.2 Å². The second kappa shape index (κ2) is 16.2. The second-order valence-electron chi connectivity index (χ2n) is 11.9. The molecule has 4 rings (SSSR count). The maximum absolute atomic E-state index is 12.4. The van der Waals surface area contributed by atoms with Crippen LogP contribution in [-0.4, -0.2) is 57.3 Å². The van der Waals surface area contributed by atoms with Gasteiger partial charge in [-0.1, -0.05) is 123 Å². The lowest BCUT2D eigenvalue weighted by Crippen LogP contribution is -2.68. The van der Waals surface area contributed by atoms with E-state index in [1.165, 1.54) is 17.3 Å². The van der Waals surface area contributed by atoms with E-state index in [4.69, 9.17) is 23.4 Å². The van der Waals surface area contributed by atoms with Gasteiger partial charge in [0, 0.05) is 12.8 Å². The van der Waals surface area contributed by atoms with Crippen LogP contribution in [0.3, 0.4) is 0 Å². The molecular formula is C35H47IO6Si. The summed E-state index contributed by atoms with van der Waals surface area (Å²) in [6, 6.07) is 28.8. The van der Waals surface area contributed by atoms with Gasteiger partial charge in [-0.2, -0.15) is 0 Å². The number of esters is 1. The lowest BCUT2D eigenvalue weighted by molar-refractivity contribution is -0.228. The Labute approximate surface area is 272 Å². The van der Waals surface area contributed by atoms with Gasteiger partial charge in [0.1, 0.15) is 18.0 Å². The molecule has 0 saturated carbocycles. The van der Waals surface area contributed by atoms with E-state index in [0.717, 1.165) is 11.3 Å². The van der Waals surface area contributed by atoms with Crippen LogP contribution in [0, 0.1) is 5.92 Å². The van der Waals surface area contributed by atoms with Gasteiger partial charge in [-0.25, -0.2) is 0 Å². The molecule has 0 aliphatic carbocycles. The number of benzene rings is 3. The number of halogens is 1. The summed E-state index contributed by atoms with van der Waals surface area (Å²) in [4.78, 5) is 14.3. The Bertz CT molecular complexity index is 1210. The minimum atomic E-state index is -2.82. The third-order valence-corrected chi connectivity index (χ3v) is 13.1. The highest BCUT2D eigenvalue weighted by Gasteiger charge is 2.52. The Morgan fingerprint density at radius 3 is 1.86 bits per heavy atom. The van der Waals surface area contributed by atoms with E-state index in [0.29, 0.717) is 6.61 Å². The number of methoxy groups -OCH3 is 1. The van der Waals surface area contributed by atoms with Crippen molar-refractivity contribution in [1.29, 1.82) is 0 Å². The molecule has 234 valence electrons. The highest BCUT2D eigenvalue weighted by atomic mass is 127. The summed E-state index contributed by atoms with van der Waals surface area (Å²) < 4.78 is 31.4. The monoisotopic (exact) mass is 718 g/mol. The summed E-state index contributed by atoms with van der Waals surface area (Å²) in [5, 5.41) is 2.18. The summed E-state index contributed by atoms with van der Waals surface area (Å²) in [5.41, 5.74) is 1.01. The van der Waals surface area contributed by atoms with Gasteiger partial charge >= 0.3 is 5.97 Å². The standard InChI is InChI=1S/C34H44O6Si.CH3I/c1-24-25(2)39-31(33(40-26(3)35)32(24)37-22-27-18-20-28(36-7)21-19-27)23-38-41(34(4,5)6,29-14-10-8-11-15-29)30-16-12-9-13-17-30;1-2/h8-21,24-25,31-33H,22-23H2,1-7H3;1H3/t24?,25-,31?,32?,33+;/m0./s1. The average Bonchev–Trinajstić information content (AvgIpc) is 3.01. The minimum Gasteiger partial charge on any atom is -0.497 e. The van der Waals surface area contributed by atoms with Crippen molar-refractivity contribution in [2.75, 3.05) is 18.6 Å². The van der Waals surface area contributed by atoms with Gasteiger partial charge in [-0.05, 0) is 45.0 Å². The van der Waals surface area contributed by atoms with Gasteiger partial charge < -0.3 is 23.4 Å². The summed E-state index contributed by atoms with van der Waals surface area (Å²) >= 11 is 2.15. The van der Waals surface area contributed by atoms with Gasteiger partial charge in [-0.15, -0.1) is 0 Å². The fourth-order valence-electron chi connectivity index (χ4n) is 5.85. The highest BCUT2D eigenvalue weighted by Crippen LogP contribution is 2.38. The number of hydrogen-bond donors (Lipinski definition) is 0. The molecule has 6 nitrogen and oxygen atoms in total. The fraction of sp³-hybridized carbons (Fsp3) is 0.457. The van der Waals surface area contributed by atoms with Crippen LogP contribution in [0.25, 0.3) is 0 Å². The number of carbonyl (C=O) groups is 1. The molecule has 3 aromatic carbocycles. The molecule has 1 aliphatic heterocycles. The van der Waals surface area contributed by atoms with Crippen molar-refractivity contribution in [1.82, 2.24) is 0 Å². The molecule has 3 aromatic rings. The van der Waals surface area contributed by atoms with Crippen molar-refractivity contribution in [2.45, 2.75) is 77.6 Å². The molecule has 8 heteroatoms. The Balaban J connectivity index is 0.00000248. The molecule has 1 aliphatic rings. The first kappa shape index (κ1) is 35.2. The van der Waals surface area contributed by atoms with Crippen molar-refractivity contribution in [3.8, 4) is 5.75 Å². The van der Waals surface area contributed by atoms with Crippen molar-refractivity contribution >= 4 is 47.3 Å². The lowest BCUT2D eigenvalue weighted by Gasteiger charge is -2.47. The molecular weight excluding hydrogens is 671 g/mol.